The minimum absolute atomic E-state index is 0.0476. The molecule has 0 amide bonds. The lowest BCUT2D eigenvalue weighted by atomic mass is 9.99. The van der Waals surface area contributed by atoms with Gasteiger partial charge in [-0.3, -0.25) is 4.79 Å². The van der Waals surface area contributed by atoms with Crippen molar-refractivity contribution < 1.29 is 4.79 Å². The van der Waals surface area contributed by atoms with E-state index < -0.39 is 0 Å². The summed E-state index contributed by atoms with van der Waals surface area (Å²) < 4.78 is 0. The highest BCUT2D eigenvalue weighted by Gasteiger charge is 2.09. The molecule has 0 aromatic heterocycles. The zero-order valence-corrected chi connectivity index (χ0v) is 11.0. The van der Waals surface area contributed by atoms with Crippen LogP contribution in [-0.4, -0.2) is 5.78 Å². The molecule has 0 radical (unpaired) electrons. The first-order valence-corrected chi connectivity index (χ1v) is 6.54. The zero-order valence-electron chi connectivity index (χ0n) is 11.0. The molecule has 0 aliphatic heterocycles. The van der Waals surface area contributed by atoms with E-state index in [1.54, 1.807) is 6.08 Å². The summed E-state index contributed by atoms with van der Waals surface area (Å²) in [6, 6.07) is 21.3. The number of fused-ring (bicyclic) bond motifs is 1. The Kier molecular flexibility index (Phi) is 3.18. The van der Waals surface area contributed by atoms with Gasteiger partial charge in [0.25, 0.3) is 0 Å². The first-order valence-electron chi connectivity index (χ1n) is 6.54. The molecule has 96 valence electrons. The molecule has 3 aromatic rings. The molecule has 0 heterocycles. The van der Waals surface area contributed by atoms with Crippen LogP contribution >= 0.6 is 0 Å². The molecule has 1 nitrogen and oxygen atoms in total. The lowest BCUT2D eigenvalue weighted by Gasteiger charge is -2.04. The number of benzene rings is 3. The van der Waals surface area contributed by atoms with E-state index >= 15 is 0 Å². The Morgan fingerprint density at radius 2 is 1.45 bits per heavy atom. The molecule has 0 atom stereocenters. The van der Waals surface area contributed by atoms with Crippen LogP contribution in [0.15, 0.2) is 73.3 Å². The first kappa shape index (κ1) is 12.4. The van der Waals surface area contributed by atoms with Crippen molar-refractivity contribution in [1.82, 2.24) is 0 Å². The van der Waals surface area contributed by atoms with Crippen molar-refractivity contribution in [2.24, 2.45) is 0 Å². The first-order chi connectivity index (χ1) is 9.78. The SMILES string of the molecule is C=Cc1ccc(C(=O)c2ccc3ccccc3c2)cc1. The van der Waals surface area contributed by atoms with Crippen molar-refractivity contribution >= 4 is 22.6 Å². The van der Waals surface area contributed by atoms with Gasteiger partial charge in [-0.1, -0.05) is 73.3 Å². The molecule has 0 aliphatic carbocycles. The Hall–Kier alpha value is -2.67. The van der Waals surface area contributed by atoms with Crippen LogP contribution in [0, 0.1) is 0 Å². The van der Waals surface area contributed by atoms with Gasteiger partial charge in [0.2, 0.25) is 0 Å². The second kappa shape index (κ2) is 5.14. The van der Waals surface area contributed by atoms with E-state index in [-0.39, 0.29) is 5.78 Å². The van der Waals surface area contributed by atoms with Gasteiger partial charge in [-0.05, 0) is 22.4 Å². The van der Waals surface area contributed by atoms with E-state index in [1.807, 2.05) is 66.7 Å². The van der Waals surface area contributed by atoms with Gasteiger partial charge in [0.05, 0.1) is 0 Å². The van der Waals surface area contributed by atoms with Crippen molar-refractivity contribution in [2.45, 2.75) is 0 Å². The third kappa shape index (κ3) is 2.26. The third-order valence-electron chi connectivity index (χ3n) is 3.42. The van der Waals surface area contributed by atoms with Crippen molar-refractivity contribution in [3.05, 3.63) is 90.0 Å². The van der Waals surface area contributed by atoms with Crippen molar-refractivity contribution in [1.29, 1.82) is 0 Å². The normalized spacial score (nSPS) is 10.4. The fourth-order valence-corrected chi connectivity index (χ4v) is 2.27. The maximum atomic E-state index is 12.5. The summed E-state index contributed by atoms with van der Waals surface area (Å²) in [6.07, 6.45) is 1.77. The van der Waals surface area contributed by atoms with Crippen LogP contribution in [0.4, 0.5) is 0 Å². The van der Waals surface area contributed by atoms with Crippen LogP contribution in [0.3, 0.4) is 0 Å². The summed E-state index contributed by atoms with van der Waals surface area (Å²) in [7, 11) is 0. The van der Waals surface area contributed by atoms with E-state index in [9.17, 15) is 4.79 Å². The molecule has 0 saturated heterocycles. The highest BCUT2D eigenvalue weighted by Crippen LogP contribution is 2.18. The molecule has 0 aliphatic rings. The maximum Gasteiger partial charge on any atom is 0.193 e. The Morgan fingerprint density at radius 1 is 0.800 bits per heavy atom. The summed E-state index contributed by atoms with van der Waals surface area (Å²) in [4.78, 5) is 12.5. The van der Waals surface area contributed by atoms with Crippen molar-refractivity contribution in [2.75, 3.05) is 0 Å². The number of carbonyl (C=O) groups is 1. The summed E-state index contributed by atoms with van der Waals surface area (Å²) in [5.41, 5.74) is 2.43. The molecular formula is C19H14O. The zero-order chi connectivity index (χ0) is 13.9. The van der Waals surface area contributed by atoms with E-state index in [1.165, 1.54) is 0 Å². The number of rotatable bonds is 3. The number of hydrogen-bond donors (Lipinski definition) is 0. The molecule has 0 fully saturated rings. The standard InChI is InChI=1S/C19H14O/c1-2-14-7-9-16(10-8-14)19(20)18-12-11-15-5-3-4-6-17(15)13-18/h2-13H,1H2. The molecule has 0 spiro atoms. The molecule has 3 aromatic carbocycles. The van der Waals surface area contributed by atoms with Gasteiger partial charge < -0.3 is 0 Å². The molecule has 0 bridgehead atoms. The van der Waals surface area contributed by atoms with Crippen molar-refractivity contribution in [3.63, 3.8) is 0 Å². The average Bonchev–Trinajstić information content (AvgIpc) is 2.54. The van der Waals surface area contributed by atoms with Gasteiger partial charge in [-0.2, -0.15) is 0 Å². The Labute approximate surface area is 118 Å². The van der Waals surface area contributed by atoms with E-state index in [0.29, 0.717) is 5.56 Å². The highest BCUT2D eigenvalue weighted by atomic mass is 16.1. The van der Waals surface area contributed by atoms with Crippen LogP contribution in [0.1, 0.15) is 21.5 Å². The van der Waals surface area contributed by atoms with E-state index in [2.05, 4.69) is 6.58 Å². The predicted molar refractivity (Wildman–Crippen MR) is 83.9 cm³/mol. The van der Waals surface area contributed by atoms with Gasteiger partial charge in [0, 0.05) is 11.1 Å². The molecule has 1 heteroatoms. The molecule has 20 heavy (non-hydrogen) atoms. The fraction of sp³-hybridized carbons (Fsp3) is 0. The topological polar surface area (TPSA) is 17.1 Å². The number of ketones is 1. The Bertz CT molecular complexity index is 782. The minimum atomic E-state index is 0.0476. The largest absolute Gasteiger partial charge is 0.289 e. The average molecular weight is 258 g/mol. The van der Waals surface area contributed by atoms with E-state index in [4.69, 9.17) is 0 Å². The smallest absolute Gasteiger partial charge is 0.193 e. The number of hydrogen-bond acceptors (Lipinski definition) is 1. The van der Waals surface area contributed by atoms with Crippen LogP contribution in [0.5, 0.6) is 0 Å². The molecule has 0 unspecified atom stereocenters. The maximum absolute atomic E-state index is 12.5. The molecule has 0 N–H and O–H groups in total. The quantitative estimate of drug-likeness (QED) is 0.621. The number of carbonyl (C=O) groups excluding carboxylic acids is 1. The van der Waals surface area contributed by atoms with Gasteiger partial charge in [-0.25, -0.2) is 0 Å². The highest BCUT2D eigenvalue weighted by molar-refractivity contribution is 6.10. The van der Waals surface area contributed by atoms with Gasteiger partial charge in [-0.15, -0.1) is 0 Å². The van der Waals surface area contributed by atoms with Gasteiger partial charge in [0.15, 0.2) is 5.78 Å². The van der Waals surface area contributed by atoms with Crippen molar-refractivity contribution in [3.8, 4) is 0 Å². The monoisotopic (exact) mass is 258 g/mol. The summed E-state index contributed by atoms with van der Waals surface area (Å²) in [5.74, 6) is 0.0476. The summed E-state index contributed by atoms with van der Waals surface area (Å²) >= 11 is 0. The lowest BCUT2D eigenvalue weighted by Crippen LogP contribution is -2.00. The third-order valence-corrected chi connectivity index (χ3v) is 3.42. The molecule has 0 saturated carbocycles. The second-order valence-corrected chi connectivity index (χ2v) is 4.72. The summed E-state index contributed by atoms with van der Waals surface area (Å²) in [5, 5.41) is 2.23. The minimum Gasteiger partial charge on any atom is -0.289 e. The predicted octanol–water partition coefficient (Wildman–Crippen LogP) is 4.71. The molecule has 3 rings (SSSR count). The van der Waals surface area contributed by atoms with Crippen LogP contribution in [0.25, 0.3) is 16.8 Å². The van der Waals surface area contributed by atoms with Crippen LogP contribution in [0.2, 0.25) is 0 Å². The van der Waals surface area contributed by atoms with Crippen LogP contribution in [-0.2, 0) is 0 Å². The molecular weight excluding hydrogens is 244 g/mol. The van der Waals surface area contributed by atoms with Crippen LogP contribution < -0.4 is 0 Å². The van der Waals surface area contributed by atoms with E-state index in [0.717, 1.165) is 21.9 Å². The second-order valence-electron chi connectivity index (χ2n) is 4.72. The Morgan fingerprint density at radius 3 is 2.15 bits per heavy atom. The lowest BCUT2D eigenvalue weighted by molar-refractivity contribution is 0.103. The van der Waals surface area contributed by atoms with Gasteiger partial charge in [0.1, 0.15) is 0 Å². The fourth-order valence-electron chi connectivity index (χ4n) is 2.27. The van der Waals surface area contributed by atoms with Gasteiger partial charge >= 0.3 is 0 Å². The Balaban J connectivity index is 2.00. The summed E-state index contributed by atoms with van der Waals surface area (Å²) in [6.45, 7) is 3.71.